The second-order valence-electron chi connectivity index (χ2n) is 0.786. The summed E-state index contributed by atoms with van der Waals surface area (Å²) in [7, 11) is 0. The molecular weight excluding hydrogens is 116 g/mol. The first-order valence-electron chi connectivity index (χ1n) is 1.52. The lowest BCUT2D eigenvalue weighted by Crippen LogP contribution is -1.99. The van der Waals surface area contributed by atoms with Crippen molar-refractivity contribution in [2.24, 2.45) is 9.50 Å². The fourth-order valence-electron chi connectivity index (χ4n) is 0.0925. The van der Waals surface area contributed by atoms with E-state index in [1.807, 2.05) is 0 Å². The normalized spacial score (nSPS) is 9.86. The van der Waals surface area contributed by atoms with Crippen molar-refractivity contribution in [2.45, 2.75) is 0 Å². The molecule has 0 radical (unpaired) electrons. The SMILES string of the molecule is N[S+]=NCC(=O)O. The average molecular weight is 121 g/mol. The van der Waals surface area contributed by atoms with E-state index in [0.29, 0.717) is 11.7 Å². The van der Waals surface area contributed by atoms with Crippen LogP contribution in [-0.2, 0) is 16.5 Å². The molecule has 0 heterocycles. The third kappa shape index (κ3) is 5.45. The van der Waals surface area contributed by atoms with E-state index in [4.69, 9.17) is 10.2 Å². The second-order valence-corrected chi connectivity index (χ2v) is 1.26. The predicted molar refractivity (Wildman–Crippen MR) is 26.5 cm³/mol. The molecule has 0 aromatic rings. The maximum absolute atomic E-state index is 9.60. The van der Waals surface area contributed by atoms with Gasteiger partial charge in [0, 0.05) is 4.36 Å². The summed E-state index contributed by atoms with van der Waals surface area (Å²) in [5, 5.41) is 12.6. The van der Waals surface area contributed by atoms with Gasteiger partial charge in [-0.1, -0.05) is 5.14 Å². The minimum Gasteiger partial charge on any atom is -0.480 e. The van der Waals surface area contributed by atoms with Gasteiger partial charge in [-0.25, -0.2) is 0 Å². The largest absolute Gasteiger partial charge is 0.480 e. The van der Waals surface area contributed by atoms with Gasteiger partial charge >= 0.3 is 17.7 Å². The number of carboxylic acids is 1. The standard InChI is InChI=1S/C2H4N2O2S/c3-7-4-1-2(5)6/h1H2,(H2-,3,4,5,6)/p+1. The molecule has 0 saturated carbocycles. The zero-order valence-electron chi connectivity index (χ0n) is 3.50. The van der Waals surface area contributed by atoms with E-state index in [-0.39, 0.29) is 6.54 Å². The molecule has 0 rings (SSSR count). The van der Waals surface area contributed by atoms with Gasteiger partial charge in [0.25, 0.3) is 0 Å². The molecular formula is C2H5N2O2S+. The van der Waals surface area contributed by atoms with Crippen molar-refractivity contribution in [3.05, 3.63) is 0 Å². The van der Waals surface area contributed by atoms with Crippen LogP contribution < -0.4 is 5.14 Å². The van der Waals surface area contributed by atoms with Crippen LogP contribution in [0, 0.1) is 0 Å². The third-order valence-electron chi connectivity index (χ3n) is 0.274. The summed E-state index contributed by atoms with van der Waals surface area (Å²) in [6.07, 6.45) is 0. The van der Waals surface area contributed by atoms with Gasteiger partial charge in [0.2, 0.25) is 0 Å². The van der Waals surface area contributed by atoms with Crippen LogP contribution in [0.5, 0.6) is 0 Å². The molecule has 0 bridgehead atoms. The molecule has 0 aromatic heterocycles. The van der Waals surface area contributed by atoms with Gasteiger partial charge in [-0.2, -0.15) is 0 Å². The number of aliphatic carboxylic acids is 1. The van der Waals surface area contributed by atoms with Gasteiger partial charge in [0.1, 0.15) is 0 Å². The maximum atomic E-state index is 9.60. The predicted octanol–water partition coefficient (Wildman–Crippen LogP) is -0.789. The Labute approximate surface area is 44.6 Å². The molecule has 4 nitrogen and oxygen atoms in total. The molecule has 3 N–H and O–H groups in total. The van der Waals surface area contributed by atoms with Crippen molar-refractivity contribution in [2.75, 3.05) is 6.54 Å². The van der Waals surface area contributed by atoms with Crippen LogP contribution in [0.1, 0.15) is 0 Å². The van der Waals surface area contributed by atoms with Gasteiger partial charge in [-0.15, -0.1) is 0 Å². The smallest absolute Gasteiger partial charge is 0.435 e. The van der Waals surface area contributed by atoms with Crippen LogP contribution in [0.25, 0.3) is 0 Å². The number of nitrogens with zero attached hydrogens (tertiary/aromatic N) is 1. The van der Waals surface area contributed by atoms with E-state index in [9.17, 15) is 4.79 Å². The Kier molecular flexibility index (Phi) is 3.35. The fraction of sp³-hybridized carbons (Fsp3) is 0.500. The summed E-state index contributed by atoms with van der Waals surface area (Å²) in [5.74, 6) is -0.960. The van der Waals surface area contributed by atoms with Crippen molar-refractivity contribution in [3.8, 4) is 0 Å². The molecule has 0 amide bonds. The Morgan fingerprint density at radius 1 is 2.00 bits per heavy atom. The van der Waals surface area contributed by atoms with Gasteiger partial charge < -0.3 is 5.11 Å². The highest BCUT2D eigenvalue weighted by atomic mass is 32.1. The highest BCUT2D eigenvalue weighted by Crippen LogP contribution is 1.64. The monoisotopic (exact) mass is 121 g/mol. The van der Waals surface area contributed by atoms with Crippen molar-refractivity contribution >= 4 is 17.7 Å². The first-order chi connectivity index (χ1) is 3.27. The molecule has 5 heteroatoms. The average Bonchev–Trinajstić information content (AvgIpc) is 1.61. The van der Waals surface area contributed by atoms with Crippen molar-refractivity contribution in [3.63, 3.8) is 0 Å². The first-order valence-corrected chi connectivity index (χ1v) is 2.35. The van der Waals surface area contributed by atoms with Crippen LogP contribution in [0.2, 0.25) is 0 Å². The van der Waals surface area contributed by atoms with Crippen LogP contribution in [0.3, 0.4) is 0 Å². The minimum atomic E-state index is -0.960. The molecule has 0 aromatic carbocycles. The number of hydrogen-bond acceptors (Lipinski definition) is 2. The number of nitrogens with two attached hydrogens (primary N) is 1. The number of carbonyl (C=O) groups is 1. The molecule has 0 unspecified atom stereocenters. The van der Waals surface area contributed by atoms with E-state index >= 15 is 0 Å². The lowest BCUT2D eigenvalue weighted by Gasteiger charge is -1.69. The summed E-state index contributed by atoms with van der Waals surface area (Å²) < 4.78 is 3.27. The Balaban J connectivity index is 3.14. The number of carboxylic acid groups (broad SMARTS) is 1. The highest BCUT2D eigenvalue weighted by molar-refractivity contribution is 7.65. The molecule has 0 aliphatic heterocycles. The molecule has 0 fully saturated rings. The molecule has 0 spiro atoms. The van der Waals surface area contributed by atoms with Crippen molar-refractivity contribution in [1.29, 1.82) is 0 Å². The molecule has 0 aliphatic carbocycles. The van der Waals surface area contributed by atoms with Crippen LogP contribution in [0.15, 0.2) is 4.36 Å². The Hall–Kier alpha value is -0.550. The summed E-state index contributed by atoms with van der Waals surface area (Å²) in [6.45, 7) is -0.221. The van der Waals surface area contributed by atoms with Gasteiger partial charge in [0.15, 0.2) is 6.54 Å². The Morgan fingerprint density at radius 2 is 2.57 bits per heavy atom. The van der Waals surface area contributed by atoms with E-state index in [1.54, 1.807) is 0 Å². The van der Waals surface area contributed by atoms with Crippen molar-refractivity contribution < 1.29 is 9.90 Å². The molecule has 0 atom stereocenters. The summed E-state index contributed by atoms with van der Waals surface area (Å²) in [4.78, 5) is 9.60. The lowest BCUT2D eigenvalue weighted by molar-refractivity contribution is -0.135. The summed E-state index contributed by atoms with van der Waals surface area (Å²) in [6, 6.07) is 0. The zero-order valence-corrected chi connectivity index (χ0v) is 4.31. The van der Waals surface area contributed by atoms with Crippen LogP contribution in [0.4, 0.5) is 0 Å². The fourth-order valence-corrected chi connectivity index (χ4v) is 0.277. The molecule has 0 saturated heterocycles. The summed E-state index contributed by atoms with van der Waals surface area (Å²) >= 11 is 0.674. The highest BCUT2D eigenvalue weighted by Gasteiger charge is 1.94. The zero-order chi connectivity index (χ0) is 5.70. The van der Waals surface area contributed by atoms with Crippen LogP contribution >= 0.6 is 0 Å². The van der Waals surface area contributed by atoms with Crippen LogP contribution in [-0.4, -0.2) is 17.6 Å². The van der Waals surface area contributed by atoms with Gasteiger partial charge in [0.05, 0.1) is 0 Å². The van der Waals surface area contributed by atoms with E-state index < -0.39 is 5.97 Å². The maximum Gasteiger partial charge on any atom is 0.435 e. The quantitative estimate of drug-likeness (QED) is 0.371. The van der Waals surface area contributed by atoms with E-state index in [1.165, 1.54) is 0 Å². The van der Waals surface area contributed by atoms with Gasteiger partial charge in [-0.05, 0) is 0 Å². The third-order valence-corrected chi connectivity index (χ3v) is 0.553. The summed E-state index contributed by atoms with van der Waals surface area (Å²) in [5.41, 5.74) is 0. The molecule has 0 aliphatic rings. The topological polar surface area (TPSA) is 75.7 Å². The van der Waals surface area contributed by atoms with E-state index in [0.717, 1.165) is 0 Å². The van der Waals surface area contributed by atoms with Crippen molar-refractivity contribution in [1.82, 2.24) is 0 Å². The molecule has 7 heavy (non-hydrogen) atoms. The number of rotatable bonds is 2. The Morgan fingerprint density at radius 3 is 2.71 bits per heavy atom. The van der Waals surface area contributed by atoms with Gasteiger partial charge in [-0.3, -0.25) is 4.79 Å². The molecule has 40 valence electrons. The minimum absolute atomic E-state index is 0.221. The Bertz CT molecular complexity index is 91.7. The first kappa shape index (κ1) is 6.45. The number of hydrogen-bond donors (Lipinski definition) is 2. The van der Waals surface area contributed by atoms with E-state index in [2.05, 4.69) is 4.36 Å². The second kappa shape index (κ2) is 3.63. The lowest BCUT2D eigenvalue weighted by atomic mass is 10.7.